The minimum Gasteiger partial charge on any atom is -0.480 e. The van der Waals surface area contributed by atoms with Gasteiger partial charge in [-0.3, -0.25) is 9.59 Å². The normalized spacial score (nSPS) is 17.8. The maximum Gasteiger partial charge on any atom is 0.325 e. The fourth-order valence-corrected chi connectivity index (χ4v) is 1.12. The molecule has 17 heavy (non-hydrogen) atoms. The van der Waals surface area contributed by atoms with E-state index in [-0.39, 0.29) is 11.9 Å². The monoisotopic (exact) mass is 243 g/mol. The van der Waals surface area contributed by atoms with Crippen LogP contribution in [0.25, 0.3) is 0 Å². The summed E-state index contributed by atoms with van der Waals surface area (Å²) in [6.07, 6.45) is 1.95. The van der Waals surface area contributed by atoms with Crippen LogP contribution in [0, 0.1) is 0 Å². The molecular weight excluding hydrogens is 226 g/mol. The second-order valence-corrected chi connectivity index (χ2v) is 4.18. The highest BCUT2D eigenvalue weighted by Gasteiger charge is 2.26. The number of carbonyl (C=O) groups excluding carboxylic acids is 2. The van der Waals surface area contributed by atoms with Crippen LogP contribution in [0.2, 0.25) is 0 Å². The Balaban J connectivity index is 2.28. The number of aliphatic carboxylic acids is 1. The molecule has 96 valence electrons. The third-order valence-corrected chi connectivity index (χ3v) is 2.38. The van der Waals surface area contributed by atoms with Crippen LogP contribution in [0.15, 0.2) is 0 Å². The molecule has 1 aliphatic rings. The zero-order chi connectivity index (χ0) is 13.0. The molecule has 1 fully saturated rings. The number of amides is 3. The molecule has 1 aliphatic carbocycles. The number of hydrogen-bond acceptors (Lipinski definition) is 3. The van der Waals surface area contributed by atoms with Gasteiger partial charge in [-0.05, 0) is 26.7 Å². The first-order chi connectivity index (χ1) is 7.90. The van der Waals surface area contributed by atoms with Crippen LogP contribution in [-0.4, -0.2) is 41.1 Å². The second-order valence-electron chi connectivity index (χ2n) is 4.18. The van der Waals surface area contributed by atoms with Crippen molar-refractivity contribution in [1.82, 2.24) is 16.0 Å². The molecule has 1 unspecified atom stereocenters. The van der Waals surface area contributed by atoms with Crippen molar-refractivity contribution in [3.05, 3.63) is 0 Å². The van der Waals surface area contributed by atoms with Crippen LogP contribution >= 0.6 is 0 Å². The van der Waals surface area contributed by atoms with Crippen molar-refractivity contribution in [2.24, 2.45) is 0 Å². The summed E-state index contributed by atoms with van der Waals surface area (Å²) in [7, 11) is 0. The Morgan fingerprint density at radius 2 is 1.65 bits per heavy atom. The standard InChI is InChI=1S/C10H17N3O4/c1-5(8(14)13-7-3-4-7)11-10(17)12-6(2)9(15)16/h5-7H,3-4H2,1-2H3,(H,13,14)(H,15,16)(H2,11,12,17)/t5?,6-/m1/s1. The van der Waals surface area contributed by atoms with Gasteiger partial charge in [-0.25, -0.2) is 4.79 Å². The Bertz CT molecular complexity index is 328. The van der Waals surface area contributed by atoms with Gasteiger partial charge in [0.2, 0.25) is 5.91 Å². The van der Waals surface area contributed by atoms with E-state index in [1.54, 1.807) is 6.92 Å². The van der Waals surface area contributed by atoms with Crippen molar-refractivity contribution in [3.8, 4) is 0 Å². The van der Waals surface area contributed by atoms with Crippen molar-refractivity contribution in [3.63, 3.8) is 0 Å². The molecule has 0 spiro atoms. The zero-order valence-corrected chi connectivity index (χ0v) is 9.82. The van der Waals surface area contributed by atoms with Gasteiger partial charge in [-0.2, -0.15) is 0 Å². The van der Waals surface area contributed by atoms with Gasteiger partial charge in [-0.1, -0.05) is 0 Å². The summed E-state index contributed by atoms with van der Waals surface area (Å²) in [4.78, 5) is 33.3. The molecular formula is C10H17N3O4. The topological polar surface area (TPSA) is 108 Å². The highest BCUT2D eigenvalue weighted by Crippen LogP contribution is 2.18. The Kier molecular flexibility index (Phi) is 4.30. The molecule has 1 saturated carbocycles. The van der Waals surface area contributed by atoms with Crippen molar-refractivity contribution in [2.75, 3.05) is 0 Å². The number of urea groups is 1. The summed E-state index contributed by atoms with van der Waals surface area (Å²) in [5.74, 6) is -1.39. The van der Waals surface area contributed by atoms with Crippen molar-refractivity contribution < 1.29 is 19.5 Å². The van der Waals surface area contributed by atoms with E-state index in [1.165, 1.54) is 6.92 Å². The quantitative estimate of drug-likeness (QED) is 0.518. The van der Waals surface area contributed by atoms with Crippen molar-refractivity contribution in [2.45, 2.75) is 44.8 Å². The predicted molar refractivity (Wildman–Crippen MR) is 59.4 cm³/mol. The van der Waals surface area contributed by atoms with Gasteiger partial charge in [0.1, 0.15) is 12.1 Å². The first kappa shape index (κ1) is 13.3. The molecule has 0 aromatic rings. The van der Waals surface area contributed by atoms with Gasteiger partial charge < -0.3 is 21.1 Å². The lowest BCUT2D eigenvalue weighted by molar-refractivity contribution is -0.138. The lowest BCUT2D eigenvalue weighted by Crippen LogP contribution is -2.51. The summed E-state index contributed by atoms with van der Waals surface area (Å²) in [6, 6.07) is -2.11. The van der Waals surface area contributed by atoms with Crippen molar-refractivity contribution in [1.29, 1.82) is 0 Å². The van der Waals surface area contributed by atoms with Crippen LogP contribution in [0.1, 0.15) is 26.7 Å². The molecule has 4 N–H and O–H groups in total. The average molecular weight is 243 g/mol. The van der Waals surface area contributed by atoms with Gasteiger partial charge in [0.05, 0.1) is 0 Å². The molecule has 0 aromatic heterocycles. The summed E-state index contributed by atoms with van der Waals surface area (Å²) in [5, 5.41) is 15.9. The number of carbonyl (C=O) groups is 3. The molecule has 1 rings (SSSR count). The van der Waals surface area contributed by atoms with Gasteiger partial charge in [0.15, 0.2) is 0 Å². The van der Waals surface area contributed by atoms with Gasteiger partial charge in [0.25, 0.3) is 0 Å². The maximum atomic E-state index is 11.5. The lowest BCUT2D eigenvalue weighted by atomic mass is 10.3. The molecule has 0 aliphatic heterocycles. The predicted octanol–water partition coefficient (Wildman–Crippen LogP) is -0.574. The van der Waals surface area contributed by atoms with Crippen LogP contribution in [0.3, 0.4) is 0 Å². The zero-order valence-electron chi connectivity index (χ0n) is 9.82. The SMILES string of the molecule is CC(NC(=O)N[C@H](C)C(=O)O)C(=O)NC1CC1. The van der Waals surface area contributed by atoms with E-state index in [0.717, 1.165) is 12.8 Å². The van der Waals surface area contributed by atoms with Gasteiger partial charge in [-0.15, -0.1) is 0 Å². The second kappa shape index (κ2) is 5.51. The van der Waals surface area contributed by atoms with E-state index in [4.69, 9.17) is 5.11 Å². The van der Waals surface area contributed by atoms with Crippen LogP contribution in [0.5, 0.6) is 0 Å². The first-order valence-corrected chi connectivity index (χ1v) is 5.50. The average Bonchev–Trinajstić information content (AvgIpc) is 3.00. The number of hydrogen-bond donors (Lipinski definition) is 4. The molecule has 2 atom stereocenters. The van der Waals surface area contributed by atoms with Gasteiger partial charge in [0, 0.05) is 6.04 Å². The minimum atomic E-state index is -1.13. The summed E-state index contributed by atoms with van der Waals surface area (Å²) < 4.78 is 0. The molecule has 7 heteroatoms. The van der Waals surface area contributed by atoms with Crippen LogP contribution < -0.4 is 16.0 Å². The summed E-state index contributed by atoms with van der Waals surface area (Å²) >= 11 is 0. The van der Waals surface area contributed by atoms with E-state index < -0.39 is 24.1 Å². The smallest absolute Gasteiger partial charge is 0.325 e. The molecule has 7 nitrogen and oxygen atoms in total. The molecule has 0 heterocycles. The highest BCUT2D eigenvalue weighted by molar-refractivity contribution is 5.88. The summed E-state index contributed by atoms with van der Waals surface area (Å²) in [5.41, 5.74) is 0. The van der Waals surface area contributed by atoms with Gasteiger partial charge >= 0.3 is 12.0 Å². The van der Waals surface area contributed by atoms with Crippen molar-refractivity contribution >= 4 is 17.9 Å². The fourth-order valence-electron chi connectivity index (χ4n) is 1.12. The Labute approximate surface area is 98.9 Å². The molecule has 0 aromatic carbocycles. The molecule has 3 amide bonds. The Morgan fingerprint density at radius 3 is 2.12 bits per heavy atom. The van der Waals surface area contributed by atoms with E-state index >= 15 is 0 Å². The van der Waals surface area contributed by atoms with E-state index in [9.17, 15) is 14.4 Å². The number of carboxylic acids is 1. The summed E-state index contributed by atoms with van der Waals surface area (Å²) in [6.45, 7) is 2.89. The third-order valence-electron chi connectivity index (χ3n) is 2.38. The number of rotatable bonds is 5. The first-order valence-electron chi connectivity index (χ1n) is 5.50. The fraction of sp³-hybridized carbons (Fsp3) is 0.700. The molecule has 0 saturated heterocycles. The van der Waals surface area contributed by atoms with E-state index in [1.807, 2.05) is 0 Å². The Hall–Kier alpha value is -1.79. The molecule has 0 radical (unpaired) electrons. The highest BCUT2D eigenvalue weighted by atomic mass is 16.4. The molecule has 0 bridgehead atoms. The number of nitrogens with one attached hydrogen (secondary N) is 3. The Morgan fingerprint density at radius 1 is 1.12 bits per heavy atom. The number of carboxylic acid groups (broad SMARTS) is 1. The van der Waals surface area contributed by atoms with Crippen LogP contribution in [0.4, 0.5) is 4.79 Å². The third kappa shape index (κ3) is 4.71. The van der Waals surface area contributed by atoms with E-state index in [0.29, 0.717) is 0 Å². The largest absolute Gasteiger partial charge is 0.480 e. The minimum absolute atomic E-state index is 0.229. The van der Waals surface area contributed by atoms with Crippen LogP contribution in [-0.2, 0) is 9.59 Å². The van der Waals surface area contributed by atoms with E-state index in [2.05, 4.69) is 16.0 Å². The maximum absolute atomic E-state index is 11.5. The lowest BCUT2D eigenvalue weighted by Gasteiger charge is -2.15.